The van der Waals surface area contributed by atoms with Crippen molar-refractivity contribution in [3.63, 3.8) is 0 Å². The van der Waals surface area contributed by atoms with Crippen molar-refractivity contribution in [2.45, 2.75) is 36.6 Å². The monoisotopic (exact) mass is 461 g/mol. The van der Waals surface area contributed by atoms with E-state index in [4.69, 9.17) is 13.9 Å². The van der Waals surface area contributed by atoms with Crippen molar-refractivity contribution in [1.82, 2.24) is 4.98 Å². The highest BCUT2D eigenvalue weighted by atomic mass is 32.2. The molecule has 166 valence electrons. The van der Waals surface area contributed by atoms with Gasteiger partial charge in [-0.2, -0.15) is 13.2 Å². The van der Waals surface area contributed by atoms with Crippen LogP contribution in [0.5, 0.6) is 0 Å². The summed E-state index contributed by atoms with van der Waals surface area (Å²) in [5.74, 6) is -0.0427. The molecule has 1 unspecified atom stereocenters. The molecule has 2 heterocycles. The molecule has 0 bridgehead atoms. The summed E-state index contributed by atoms with van der Waals surface area (Å²) in [5, 5.41) is 9.62. The molecule has 4 rings (SSSR count). The maximum Gasteiger partial charge on any atom is 0.416 e. The number of carboxylic acid groups (broad SMARTS) is 1. The molecule has 0 amide bonds. The number of rotatable bonds is 6. The minimum atomic E-state index is -4.40. The first-order chi connectivity index (χ1) is 15.1. The van der Waals surface area contributed by atoms with Crippen molar-refractivity contribution in [1.29, 1.82) is 0 Å². The summed E-state index contributed by atoms with van der Waals surface area (Å²) in [7, 11) is 0. The summed E-state index contributed by atoms with van der Waals surface area (Å²) in [5.41, 5.74) is 1.60. The Morgan fingerprint density at radius 1 is 1.19 bits per heavy atom. The Labute approximate surface area is 185 Å². The number of aliphatic carboxylic acids is 1. The lowest BCUT2D eigenvalue weighted by Gasteiger charge is -2.09. The fraction of sp³-hybridized carbons (Fsp3) is 0.217. The van der Waals surface area contributed by atoms with E-state index >= 15 is 0 Å². The third-order valence-corrected chi connectivity index (χ3v) is 6.04. The molecule has 1 atom stereocenters. The minimum absolute atomic E-state index is 0.111. The van der Waals surface area contributed by atoms with Gasteiger partial charge in [0.25, 0.3) is 0 Å². The van der Waals surface area contributed by atoms with Gasteiger partial charge in [0.1, 0.15) is 11.3 Å². The first kappa shape index (κ1) is 22.0. The van der Waals surface area contributed by atoms with Gasteiger partial charge in [-0.1, -0.05) is 0 Å². The lowest BCUT2D eigenvalue weighted by Crippen LogP contribution is -2.03. The van der Waals surface area contributed by atoms with Gasteiger partial charge in [-0.05, 0) is 56.3 Å². The zero-order valence-corrected chi connectivity index (χ0v) is 17.9. The van der Waals surface area contributed by atoms with Gasteiger partial charge in [0.15, 0.2) is 0 Å². The summed E-state index contributed by atoms with van der Waals surface area (Å²) in [6.45, 7) is 3.73. The largest absolute Gasteiger partial charge is 0.481 e. The van der Waals surface area contributed by atoms with Crippen LogP contribution in [0.15, 0.2) is 62.5 Å². The van der Waals surface area contributed by atoms with Gasteiger partial charge in [-0.25, -0.2) is 4.98 Å². The molecule has 0 aliphatic rings. The van der Waals surface area contributed by atoms with Crippen molar-refractivity contribution in [2.75, 3.05) is 0 Å². The van der Waals surface area contributed by atoms with Crippen LogP contribution in [-0.2, 0) is 17.4 Å². The Hall–Kier alpha value is -3.20. The molecule has 0 fully saturated rings. The number of aryl methyl sites for hydroxylation is 1. The van der Waals surface area contributed by atoms with Crippen LogP contribution in [-0.4, -0.2) is 16.1 Å². The second-order valence-electron chi connectivity index (χ2n) is 7.29. The van der Waals surface area contributed by atoms with Crippen molar-refractivity contribution in [3.8, 4) is 11.5 Å². The summed E-state index contributed by atoms with van der Waals surface area (Å²) < 4.78 is 49.7. The Morgan fingerprint density at radius 3 is 2.56 bits per heavy atom. The van der Waals surface area contributed by atoms with Crippen LogP contribution in [0.2, 0.25) is 0 Å². The minimum Gasteiger partial charge on any atom is -0.481 e. The first-order valence-electron chi connectivity index (χ1n) is 9.65. The molecule has 0 saturated carbocycles. The van der Waals surface area contributed by atoms with Gasteiger partial charge in [0, 0.05) is 21.4 Å². The number of carboxylic acids is 1. The number of benzene rings is 2. The maximum atomic E-state index is 12.8. The van der Waals surface area contributed by atoms with Crippen molar-refractivity contribution >= 4 is 28.7 Å². The van der Waals surface area contributed by atoms with E-state index in [-0.39, 0.29) is 17.6 Å². The average Bonchev–Trinajstić information content (AvgIpc) is 3.30. The van der Waals surface area contributed by atoms with Crippen LogP contribution in [0.3, 0.4) is 0 Å². The average molecular weight is 461 g/mol. The number of alkyl halides is 3. The summed E-state index contributed by atoms with van der Waals surface area (Å²) in [6, 6.07) is 10.2. The third kappa shape index (κ3) is 4.52. The first-order valence-corrected chi connectivity index (χ1v) is 10.5. The van der Waals surface area contributed by atoms with Gasteiger partial charge < -0.3 is 13.9 Å². The number of fused-ring (bicyclic) bond motifs is 1. The Morgan fingerprint density at radius 2 is 1.91 bits per heavy atom. The number of carbonyl (C=O) groups is 1. The Kier molecular flexibility index (Phi) is 5.77. The summed E-state index contributed by atoms with van der Waals surface area (Å²) >= 11 is 1.50. The number of halogens is 3. The normalized spacial score (nSPS) is 12.9. The predicted molar refractivity (Wildman–Crippen MR) is 114 cm³/mol. The number of hydrogen-bond donors (Lipinski definition) is 1. The number of nitrogens with zero attached hydrogens (tertiary/aromatic N) is 1. The zero-order chi connectivity index (χ0) is 23.0. The molecule has 4 aromatic rings. The fourth-order valence-electron chi connectivity index (χ4n) is 3.40. The van der Waals surface area contributed by atoms with Crippen LogP contribution in [0.1, 0.15) is 34.8 Å². The third-order valence-electron chi connectivity index (χ3n) is 4.94. The highest BCUT2D eigenvalue weighted by molar-refractivity contribution is 7.99. The highest BCUT2D eigenvalue weighted by Crippen LogP contribution is 2.40. The molecular formula is C23H18F3NO4S. The topological polar surface area (TPSA) is 76.5 Å². The van der Waals surface area contributed by atoms with Gasteiger partial charge in [-0.15, -0.1) is 11.8 Å². The number of furan rings is 1. The van der Waals surface area contributed by atoms with E-state index in [2.05, 4.69) is 4.98 Å². The molecule has 0 aliphatic carbocycles. The van der Waals surface area contributed by atoms with Gasteiger partial charge in [-0.3, -0.25) is 4.79 Å². The molecule has 2 aromatic carbocycles. The second kappa shape index (κ2) is 8.38. The van der Waals surface area contributed by atoms with Crippen molar-refractivity contribution in [2.24, 2.45) is 0 Å². The molecule has 0 spiro atoms. The number of thioether (sulfide) groups is 1. The van der Waals surface area contributed by atoms with E-state index in [0.717, 1.165) is 22.4 Å². The molecular weight excluding hydrogens is 443 g/mol. The Bertz CT molecular complexity index is 1270. The van der Waals surface area contributed by atoms with E-state index in [1.165, 1.54) is 30.2 Å². The molecule has 2 aromatic heterocycles. The molecule has 32 heavy (non-hydrogen) atoms. The van der Waals surface area contributed by atoms with E-state index in [9.17, 15) is 18.0 Å². The van der Waals surface area contributed by atoms with Gasteiger partial charge in [0.05, 0.1) is 29.2 Å². The predicted octanol–water partition coefficient (Wildman–Crippen LogP) is 6.90. The lowest BCUT2D eigenvalue weighted by molar-refractivity contribution is -0.138. The van der Waals surface area contributed by atoms with Gasteiger partial charge >= 0.3 is 12.1 Å². The molecule has 5 nitrogen and oxygen atoms in total. The molecule has 9 heteroatoms. The van der Waals surface area contributed by atoms with Crippen LogP contribution in [0.4, 0.5) is 13.2 Å². The van der Waals surface area contributed by atoms with Crippen LogP contribution in [0.25, 0.3) is 22.4 Å². The number of hydrogen-bond acceptors (Lipinski definition) is 5. The summed E-state index contributed by atoms with van der Waals surface area (Å²) in [4.78, 5) is 16.2. The van der Waals surface area contributed by atoms with Crippen LogP contribution < -0.4 is 0 Å². The van der Waals surface area contributed by atoms with E-state index < -0.39 is 17.7 Å². The molecule has 0 saturated heterocycles. The van der Waals surface area contributed by atoms with E-state index in [0.29, 0.717) is 28.2 Å². The molecule has 0 aliphatic heterocycles. The smallest absolute Gasteiger partial charge is 0.416 e. The van der Waals surface area contributed by atoms with Gasteiger partial charge in [0.2, 0.25) is 5.89 Å². The highest BCUT2D eigenvalue weighted by Gasteiger charge is 2.30. The number of aromatic nitrogens is 1. The summed E-state index contributed by atoms with van der Waals surface area (Å²) in [6.07, 6.45) is -3.06. The Balaban J connectivity index is 1.53. The number of oxazole rings is 1. The maximum absolute atomic E-state index is 12.8. The molecule has 1 N–H and O–H groups in total. The second-order valence-corrected chi connectivity index (χ2v) is 8.71. The quantitative estimate of drug-likeness (QED) is 0.315. The zero-order valence-electron chi connectivity index (χ0n) is 17.1. The van der Waals surface area contributed by atoms with Crippen molar-refractivity contribution in [3.05, 3.63) is 71.3 Å². The fourth-order valence-corrected chi connectivity index (χ4v) is 4.46. The SMILES string of the molecule is Cc1nc(-c2ccc(C(F)(F)F)cc2)oc1C(C)Sc1ccc2c(CC(=O)O)coc2c1. The van der Waals surface area contributed by atoms with Crippen LogP contribution >= 0.6 is 11.8 Å². The standard InChI is InChI=1S/C23H18F3NO4S/c1-12-21(31-22(27-12)14-3-5-16(6-4-14)23(24,25)26)13(2)32-17-7-8-18-15(9-20(28)29)11-30-19(18)10-17/h3-8,10-11,13H,9H2,1-2H3,(H,28,29). The van der Waals surface area contributed by atoms with Crippen molar-refractivity contribution < 1.29 is 31.9 Å². The van der Waals surface area contributed by atoms with E-state index in [1.54, 1.807) is 6.92 Å². The van der Waals surface area contributed by atoms with E-state index in [1.807, 2.05) is 25.1 Å². The lowest BCUT2D eigenvalue weighted by atomic mass is 10.1. The molecule has 0 radical (unpaired) electrons. The van der Waals surface area contributed by atoms with Crippen LogP contribution in [0, 0.1) is 6.92 Å².